The Morgan fingerprint density at radius 2 is 1.42 bits per heavy atom. The molecule has 0 saturated heterocycles. The number of aliphatic imine (C=N–C) groups is 1. The molecule has 0 heterocycles. The molecule has 0 amide bonds. The van der Waals surface area contributed by atoms with Gasteiger partial charge in [0.25, 0.3) is 0 Å². The highest BCUT2D eigenvalue weighted by molar-refractivity contribution is 5.94. The van der Waals surface area contributed by atoms with E-state index in [1.165, 1.54) is 36.1 Å². The zero-order valence-electron chi connectivity index (χ0n) is 15.0. The van der Waals surface area contributed by atoms with E-state index in [4.69, 9.17) is 4.99 Å². The molecule has 0 N–H and O–H groups in total. The van der Waals surface area contributed by atoms with Crippen molar-refractivity contribution in [3.05, 3.63) is 71.8 Å². The Kier molecular flexibility index (Phi) is 3.63. The van der Waals surface area contributed by atoms with Crippen LogP contribution >= 0.6 is 0 Å². The lowest BCUT2D eigenvalue weighted by atomic mass is 9.70. The first kappa shape index (κ1) is 15.6. The minimum absolute atomic E-state index is 0.120. The second-order valence-corrected chi connectivity index (χ2v) is 8.29. The summed E-state index contributed by atoms with van der Waals surface area (Å²) < 4.78 is 0. The maximum atomic E-state index is 5.38. The van der Waals surface area contributed by atoms with E-state index in [-0.39, 0.29) is 11.5 Å². The van der Waals surface area contributed by atoms with Gasteiger partial charge < -0.3 is 0 Å². The van der Waals surface area contributed by atoms with Gasteiger partial charge in [0, 0.05) is 11.1 Å². The number of hydrogen-bond acceptors (Lipinski definition) is 1. The van der Waals surface area contributed by atoms with Crippen LogP contribution in [0.25, 0.3) is 0 Å². The molecule has 0 radical (unpaired) electrons. The summed E-state index contributed by atoms with van der Waals surface area (Å²) in [5, 5.41) is 0. The molecule has 0 aliphatic heterocycles. The van der Waals surface area contributed by atoms with Crippen LogP contribution in [0, 0.1) is 16.7 Å². The summed E-state index contributed by atoms with van der Waals surface area (Å²) in [6.07, 6.45) is 3.84. The molecule has 2 unspecified atom stereocenters. The fourth-order valence-corrected chi connectivity index (χ4v) is 4.89. The van der Waals surface area contributed by atoms with Gasteiger partial charge in [-0.05, 0) is 41.7 Å². The van der Waals surface area contributed by atoms with Crippen LogP contribution in [0.3, 0.4) is 0 Å². The Bertz CT molecular complexity index is 705. The van der Waals surface area contributed by atoms with Gasteiger partial charge in [-0.25, -0.2) is 0 Å². The molecule has 2 fully saturated rings. The molecular weight excluding hydrogens is 290 g/mol. The van der Waals surface area contributed by atoms with E-state index in [9.17, 15) is 0 Å². The van der Waals surface area contributed by atoms with Crippen molar-refractivity contribution in [3.8, 4) is 0 Å². The number of fused-ring (bicyclic) bond motifs is 2. The fourth-order valence-electron chi connectivity index (χ4n) is 4.89. The molecule has 124 valence electrons. The summed E-state index contributed by atoms with van der Waals surface area (Å²) in [6, 6.07) is 21.6. The topological polar surface area (TPSA) is 12.4 Å². The van der Waals surface area contributed by atoms with Crippen LogP contribution < -0.4 is 0 Å². The molecular formula is C23H27N. The van der Waals surface area contributed by atoms with Crippen LogP contribution in [0.2, 0.25) is 0 Å². The minimum atomic E-state index is 0.120. The summed E-state index contributed by atoms with van der Waals surface area (Å²) in [5.41, 5.74) is 4.67. The average molecular weight is 317 g/mol. The van der Waals surface area contributed by atoms with Crippen molar-refractivity contribution < 1.29 is 0 Å². The van der Waals surface area contributed by atoms with Gasteiger partial charge in [0.1, 0.15) is 0 Å². The molecule has 0 aromatic heterocycles. The van der Waals surface area contributed by atoms with Gasteiger partial charge >= 0.3 is 0 Å². The number of rotatable bonds is 3. The third-order valence-electron chi connectivity index (χ3n) is 7.03. The first-order chi connectivity index (χ1) is 11.5. The van der Waals surface area contributed by atoms with Crippen molar-refractivity contribution in [1.29, 1.82) is 0 Å². The van der Waals surface area contributed by atoms with Crippen LogP contribution in [0.1, 0.15) is 57.2 Å². The molecule has 2 aromatic rings. The highest BCUT2D eigenvalue weighted by Gasteiger charge is 2.59. The zero-order chi connectivity index (χ0) is 16.8. The smallest absolute Gasteiger partial charge is 0.0999 e. The number of hydrogen-bond donors (Lipinski definition) is 0. The molecule has 4 rings (SSSR count). The second kappa shape index (κ2) is 5.58. The standard InChI is InChI=1S/C23H27N/c1-22(2)19-14-15-23(22,3)20(16-19)24-21(17-10-6-4-7-11-17)18-12-8-5-9-13-18/h4-13,19,21H,14-16H2,1-3H3. The molecule has 2 saturated carbocycles. The largest absolute Gasteiger partial charge is 0.281 e. The van der Waals surface area contributed by atoms with Crippen LogP contribution in [0.5, 0.6) is 0 Å². The van der Waals surface area contributed by atoms with Crippen LogP contribution in [-0.2, 0) is 0 Å². The van der Waals surface area contributed by atoms with Crippen LogP contribution in [0.15, 0.2) is 65.7 Å². The van der Waals surface area contributed by atoms with Crippen molar-refractivity contribution in [2.24, 2.45) is 21.7 Å². The Hall–Kier alpha value is -1.89. The van der Waals surface area contributed by atoms with Crippen molar-refractivity contribution in [3.63, 3.8) is 0 Å². The average Bonchev–Trinajstić information content (AvgIpc) is 2.94. The molecule has 1 nitrogen and oxygen atoms in total. The highest BCUT2D eigenvalue weighted by atomic mass is 14.9. The molecule has 0 spiro atoms. The molecule has 2 atom stereocenters. The Balaban J connectivity index is 1.79. The van der Waals surface area contributed by atoms with Gasteiger partial charge in [-0.1, -0.05) is 81.4 Å². The van der Waals surface area contributed by atoms with Gasteiger partial charge in [0.05, 0.1) is 6.04 Å². The predicted molar refractivity (Wildman–Crippen MR) is 101 cm³/mol. The maximum Gasteiger partial charge on any atom is 0.0999 e. The normalized spacial score (nSPS) is 29.5. The Morgan fingerprint density at radius 1 is 0.875 bits per heavy atom. The number of nitrogens with zero attached hydrogens (tertiary/aromatic N) is 1. The number of benzene rings is 2. The Labute approximate surface area is 145 Å². The van der Waals surface area contributed by atoms with Gasteiger partial charge in [-0.2, -0.15) is 0 Å². The molecule has 2 bridgehead atoms. The van der Waals surface area contributed by atoms with Gasteiger partial charge in [0.15, 0.2) is 0 Å². The maximum absolute atomic E-state index is 5.38. The summed E-state index contributed by atoms with van der Waals surface area (Å²) in [4.78, 5) is 5.38. The van der Waals surface area contributed by atoms with E-state index in [2.05, 4.69) is 81.4 Å². The summed E-state index contributed by atoms with van der Waals surface area (Å²) in [7, 11) is 0. The van der Waals surface area contributed by atoms with Gasteiger partial charge in [0.2, 0.25) is 0 Å². The highest BCUT2D eigenvalue weighted by Crippen LogP contribution is 2.64. The fraction of sp³-hybridized carbons (Fsp3) is 0.435. The lowest BCUT2D eigenvalue weighted by molar-refractivity contribution is 0.193. The monoisotopic (exact) mass is 317 g/mol. The lowest BCUT2D eigenvalue weighted by Gasteiger charge is -2.35. The van der Waals surface area contributed by atoms with Gasteiger partial charge in [-0.15, -0.1) is 0 Å². The van der Waals surface area contributed by atoms with E-state index < -0.39 is 0 Å². The van der Waals surface area contributed by atoms with E-state index in [1.54, 1.807) is 0 Å². The molecule has 2 aromatic carbocycles. The molecule has 2 aliphatic carbocycles. The molecule has 1 heteroatoms. The van der Waals surface area contributed by atoms with Crippen molar-refractivity contribution >= 4 is 5.71 Å². The van der Waals surface area contributed by atoms with Crippen molar-refractivity contribution in [2.45, 2.75) is 46.1 Å². The molecule has 2 aliphatic rings. The summed E-state index contributed by atoms with van der Waals surface area (Å²) in [5.74, 6) is 0.799. The third kappa shape index (κ3) is 2.25. The predicted octanol–water partition coefficient (Wildman–Crippen LogP) is 6.06. The Morgan fingerprint density at radius 3 is 1.83 bits per heavy atom. The first-order valence-corrected chi connectivity index (χ1v) is 9.19. The van der Waals surface area contributed by atoms with Gasteiger partial charge in [-0.3, -0.25) is 4.99 Å². The van der Waals surface area contributed by atoms with E-state index >= 15 is 0 Å². The summed E-state index contributed by atoms with van der Waals surface area (Å²) in [6.45, 7) is 7.35. The van der Waals surface area contributed by atoms with Crippen molar-refractivity contribution in [2.75, 3.05) is 0 Å². The van der Waals surface area contributed by atoms with E-state index in [1.807, 2.05) is 0 Å². The van der Waals surface area contributed by atoms with Crippen LogP contribution in [0.4, 0.5) is 0 Å². The first-order valence-electron chi connectivity index (χ1n) is 9.19. The van der Waals surface area contributed by atoms with E-state index in [0.717, 1.165) is 5.92 Å². The van der Waals surface area contributed by atoms with Crippen LogP contribution in [-0.4, -0.2) is 5.71 Å². The molecule has 24 heavy (non-hydrogen) atoms. The van der Waals surface area contributed by atoms with Crippen molar-refractivity contribution in [1.82, 2.24) is 0 Å². The SMILES string of the molecule is CC12CCC(CC1=NC(c1ccccc1)c1ccccc1)C2(C)C. The quantitative estimate of drug-likeness (QED) is 0.652. The summed E-state index contributed by atoms with van der Waals surface area (Å²) >= 11 is 0. The lowest BCUT2D eigenvalue weighted by Crippen LogP contribution is -2.32. The third-order valence-corrected chi connectivity index (χ3v) is 7.03. The zero-order valence-corrected chi connectivity index (χ0v) is 15.0. The second-order valence-electron chi connectivity index (χ2n) is 8.29. The minimum Gasteiger partial charge on any atom is -0.281 e. The van der Waals surface area contributed by atoms with E-state index in [0.29, 0.717) is 5.41 Å².